The van der Waals surface area contributed by atoms with Crippen LogP contribution in [-0.2, 0) is 4.74 Å². The van der Waals surface area contributed by atoms with Crippen molar-refractivity contribution in [2.75, 3.05) is 26.2 Å². The van der Waals surface area contributed by atoms with Gasteiger partial charge in [0, 0.05) is 5.56 Å². The molecular formula is C18H25NO3. The Kier molecular flexibility index (Phi) is 6.13. The van der Waals surface area contributed by atoms with E-state index in [1.54, 1.807) is 31.2 Å². The highest BCUT2D eigenvalue weighted by atomic mass is 16.5. The van der Waals surface area contributed by atoms with Crippen molar-refractivity contribution in [3.05, 3.63) is 35.4 Å². The van der Waals surface area contributed by atoms with Gasteiger partial charge in [-0.15, -0.1) is 0 Å². The molecule has 1 aliphatic rings. The molecule has 0 N–H and O–H groups in total. The van der Waals surface area contributed by atoms with Crippen molar-refractivity contribution in [2.45, 2.75) is 33.1 Å². The highest BCUT2D eigenvalue weighted by molar-refractivity contribution is 5.98. The zero-order chi connectivity index (χ0) is 15.9. The third kappa shape index (κ3) is 4.41. The van der Waals surface area contributed by atoms with Crippen molar-refractivity contribution < 1.29 is 14.3 Å². The van der Waals surface area contributed by atoms with E-state index in [1.165, 1.54) is 19.3 Å². The maximum absolute atomic E-state index is 12.3. The smallest absolute Gasteiger partial charge is 0.338 e. The van der Waals surface area contributed by atoms with Gasteiger partial charge in [-0.25, -0.2) is 4.79 Å². The largest absolute Gasteiger partial charge is 0.462 e. The lowest BCUT2D eigenvalue weighted by Gasteiger charge is -2.30. The van der Waals surface area contributed by atoms with Crippen molar-refractivity contribution in [2.24, 2.45) is 5.92 Å². The van der Waals surface area contributed by atoms with E-state index in [0.29, 0.717) is 24.3 Å². The number of ketones is 1. The molecule has 0 saturated carbocycles. The number of nitrogens with zero attached hydrogens (tertiary/aromatic N) is 1. The number of carbonyl (C=O) groups is 2. The number of benzene rings is 1. The fraction of sp³-hybridized carbons (Fsp3) is 0.556. The summed E-state index contributed by atoms with van der Waals surface area (Å²) >= 11 is 0. The van der Waals surface area contributed by atoms with Gasteiger partial charge in [0.25, 0.3) is 0 Å². The van der Waals surface area contributed by atoms with E-state index in [4.69, 9.17) is 4.74 Å². The Labute approximate surface area is 132 Å². The second kappa shape index (κ2) is 8.08. The lowest BCUT2D eigenvalue weighted by atomic mass is 9.94. The number of carbonyl (C=O) groups excluding carboxylic acids is 2. The second-order valence-electron chi connectivity index (χ2n) is 5.85. The van der Waals surface area contributed by atoms with Crippen LogP contribution in [0.15, 0.2) is 24.3 Å². The van der Waals surface area contributed by atoms with E-state index >= 15 is 0 Å². The van der Waals surface area contributed by atoms with E-state index < -0.39 is 0 Å². The lowest BCUT2D eigenvalue weighted by Crippen LogP contribution is -2.37. The molecule has 0 bridgehead atoms. The van der Waals surface area contributed by atoms with Crippen LogP contribution in [0.3, 0.4) is 0 Å². The van der Waals surface area contributed by atoms with Gasteiger partial charge in [-0.2, -0.15) is 0 Å². The third-order valence-corrected chi connectivity index (χ3v) is 4.37. The SMILES string of the molecule is CCOC(=O)c1ccc(C(=O)CN2CCC(CC)CC2)cc1. The Balaban J connectivity index is 1.89. The Morgan fingerprint density at radius 3 is 2.23 bits per heavy atom. The molecule has 1 aromatic carbocycles. The van der Waals surface area contributed by atoms with Crippen molar-refractivity contribution in [3.8, 4) is 0 Å². The van der Waals surface area contributed by atoms with E-state index in [-0.39, 0.29) is 11.8 Å². The van der Waals surface area contributed by atoms with Gasteiger partial charge in [0.2, 0.25) is 0 Å². The predicted octanol–water partition coefficient (Wildman–Crippen LogP) is 3.17. The highest BCUT2D eigenvalue weighted by Crippen LogP contribution is 2.20. The summed E-state index contributed by atoms with van der Waals surface area (Å²) < 4.78 is 4.94. The average Bonchev–Trinajstić information content (AvgIpc) is 2.56. The van der Waals surface area contributed by atoms with Crippen LogP contribution < -0.4 is 0 Å². The van der Waals surface area contributed by atoms with Crippen LogP contribution in [0.4, 0.5) is 0 Å². The molecule has 0 radical (unpaired) electrons. The summed E-state index contributed by atoms with van der Waals surface area (Å²) in [6.45, 7) is 6.84. The molecule has 0 spiro atoms. The molecule has 4 nitrogen and oxygen atoms in total. The van der Waals surface area contributed by atoms with Gasteiger partial charge in [-0.3, -0.25) is 9.69 Å². The molecule has 0 atom stereocenters. The molecule has 1 saturated heterocycles. The Hall–Kier alpha value is -1.68. The normalized spacial score (nSPS) is 16.5. The van der Waals surface area contributed by atoms with E-state index in [0.717, 1.165) is 19.0 Å². The monoisotopic (exact) mass is 303 g/mol. The zero-order valence-electron chi connectivity index (χ0n) is 13.5. The Bertz CT molecular complexity index is 502. The quantitative estimate of drug-likeness (QED) is 0.598. The molecule has 0 aromatic heterocycles. The number of Topliss-reactive ketones (excluding diaryl/α,β-unsaturated/α-hetero) is 1. The molecule has 1 heterocycles. The number of esters is 1. The van der Waals surface area contributed by atoms with Crippen molar-refractivity contribution in [3.63, 3.8) is 0 Å². The summed E-state index contributed by atoms with van der Waals surface area (Å²) in [5, 5.41) is 0. The maximum Gasteiger partial charge on any atom is 0.338 e. The number of hydrogen-bond acceptors (Lipinski definition) is 4. The topological polar surface area (TPSA) is 46.6 Å². The molecule has 0 amide bonds. The minimum atomic E-state index is -0.344. The van der Waals surface area contributed by atoms with Gasteiger partial charge in [-0.1, -0.05) is 25.5 Å². The molecule has 2 rings (SSSR count). The average molecular weight is 303 g/mol. The maximum atomic E-state index is 12.3. The fourth-order valence-electron chi connectivity index (χ4n) is 2.85. The summed E-state index contributed by atoms with van der Waals surface area (Å²) in [6, 6.07) is 6.75. The first-order valence-electron chi connectivity index (χ1n) is 8.16. The standard InChI is InChI=1S/C18H25NO3/c1-3-14-9-11-19(12-10-14)13-17(20)15-5-7-16(8-6-15)18(21)22-4-2/h5-8,14H,3-4,9-13H2,1-2H3. The molecular weight excluding hydrogens is 278 g/mol. The van der Waals surface area contributed by atoms with Gasteiger partial charge < -0.3 is 4.74 Å². The van der Waals surface area contributed by atoms with E-state index in [2.05, 4.69) is 11.8 Å². The summed E-state index contributed by atoms with van der Waals surface area (Å²) in [5.74, 6) is 0.587. The number of likely N-dealkylation sites (tertiary alicyclic amines) is 1. The second-order valence-corrected chi connectivity index (χ2v) is 5.85. The minimum absolute atomic E-state index is 0.116. The molecule has 0 unspecified atom stereocenters. The van der Waals surface area contributed by atoms with Crippen LogP contribution in [0.1, 0.15) is 53.8 Å². The summed E-state index contributed by atoms with van der Waals surface area (Å²) in [4.78, 5) is 26.1. The van der Waals surface area contributed by atoms with Crippen LogP contribution >= 0.6 is 0 Å². The van der Waals surface area contributed by atoms with E-state index in [1.807, 2.05) is 0 Å². The number of hydrogen-bond donors (Lipinski definition) is 0. The molecule has 0 aliphatic carbocycles. The van der Waals surface area contributed by atoms with Gasteiger partial charge in [0.05, 0.1) is 18.7 Å². The Morgan fingerprint density at radius 1 is 1.09 bits per heavy atom. The van der Waals surface area contributed by atoms with Crippen molar-refractivity contribution >= 4 is 11.8 Å². The van der Waals surface area contributed by atoms with Gasteiger partial charge in [0.1, 0.15) is 0 Å². The summed E-state index contributed by atoms with van der Waals surface area (Å²) in [7, 11) is 0. The molecule has 22 heavy (non-hydrogen) atoms. The van der Waals surface area contributed by atoms with Crippen LogP contribution in [-0.4, -0.2) is 42.9 Å². The molecule has 4 heteroatoms. The number of ether oxygens (including phenoxy) is 1. The molecule has 1 fully saturated rings. The number of piperidine rings is 1. The molecule has 1 aliphatic heterocycles. The highest BCUT2D eigenvalue weighted by Gasteiger charge is 2.20. The zero-order valence-corrected chi connectivity index (χ0v) is 13.5. The van der Waals surface area contributed by atoms with Gasteiger partial charge in [-0.05, 0) is 50.9 Å². The first kappa shape index (κ1) is 16.7. The lowest BCUT2D eigenvalue weighted by molar-refractivity contribution is 0.0526. The van der Waals surface area contributed by atoms with Crippen LogP contribution in [0.5, 0.6) is 0 Å². The van der Waals surface area contributed by atoms with E-state index in [9.17, 15) is 9.59 Å². The fourth-order valence-corrected chi connectivity index (χ4v) is 2.85. The third-order valence-electron chi connectivity index (χ3n) is 4.37. The van der Waals surface area contributed by atoms with Crippen molar-refractivity contribution in [1.29, 1.82) is 0 Å². The van der Waals surface area contributed by atoms with Gasteiger partial charge >= 0.3 is 5.97 Å². The van der Waals surface area contributed by atoms with Crippen molar-refractivity contribution in [1.82, 2.24) is 4.90 Å². The number of rotatable bonds is 6. The molecule has 120 valence electrons. The van der Waals surface area contributed by atoms with Crippen LogP contribution in [0.2, 0.25) is 0 Å². The van der Waals surface area contributed by atoms with Crippen LogP contribution in [0, 0.1) is 5.92 Å². The summed E-state index contributed by atoms with van der Waals surface area (Å²) in [5.41, 5.74) is 1.15. The van der Waals surface area contributed by atoms with Crippen LogP contribution in [0.25, 0.3) is 0 Å². The van der Waals surface area contributed by atoms with Gasteiger partial charge in [0.15, 0.2) is 5.78 Å². The first-order chi connectivity index (χ1) is 10.6. The predicted molar refractivity (Wildman–Crippen MR) is 86.2 cm³/mol. The first-order valence-corrected chi connectivity index (χ1v) is 8.16. The minimum Gasteiger partial charge on any atom is -0.462 e. The molecule has 1 aromatic rings. The Morgan fingerprint density at radius 2 is 1.68 bits per heavy atom. The summed E-state index contributed by atoms with van der Waals surface area (Å²) in [6.07, 6.45) is 3.61.